The summed E-state index contributed by atoms with van der Waals surface area (Å²) in [6.07, 6.45) is 0. The van der Waals surface area contributed by atoms with Crippen LogP contribution in [0.3, 0.4) is 0 Å². The highest BCUT2D eigenvalue weighted by Gasteiger charge is 2.64. The van der Waals surface area contributed by atoms with E-state index in [0.717, 1.165) is 5.56 Å². The molecule has 1 saturated carbocycles. The van der Waals surface area contributed by atoms with Crippen molar-refractivity contribution in [1.29, 1.82) is 0 Å². The van der Waals surface area contributed by atoms with E-state index < -0.39 is 6.04 Å². The van der Waals surface area contributed by atoms with Crippen molar-refractivity contribution in [2.45, 2.75) is 33.7 Å². The van der Waals surface area contributed by atoms with Crippen molar-refractivity contribution in [3.05, 3.63) is 35.9 Å². The second kappa shape index (κ2) is 4.64. The minimum atomic E-state index is -0.578. The number of hydrogen-bond acceptors (Lipinski definition) is 2. The third kappa shape index (κ3) is 2.39. The predicted molar refractivity (Wildman–Crippen MR) is 77.4 cm³/mol. The number of carbonyl (C=O) groups is 1. The van der Waals surface area contributed by atoms with Crippen LogP contribution in [0.25, 0.3) is 0 Å². The molecule has 1 aromatic rings. The van der Waals surface area contributed by atoms with Crippen molar-refractivity contribution in [3.63, 3.8) is 0 Å². The number of nitrogens with one attached hydrogen (secondary N) is 1. The quantitative estimate of drug-likeness (QED) is 0.874. The van der Waals surface area contributed by atoms with Crippen LogP contribution >= 0.6 is 0 Å². The number of hydrogen-bond donors (Lipinski definition) is 2. The van der Waals surface area contributed by atoms with Gasteiger partial charge >= 0.3 is 0 Å². The van der Waals surface area contributed by atoms with E-state index in [1.165, 1.54) is 0 Å². The third-order valence-electron chi connectivity index (χ3n) is 5.24. The maximum atomic E-state index is 12.1. The van der Waals surface area contributed by atoms with Gasteiger partial charge in [-0.2, -0.15) is 0 Å². The summed E-state index contributed by atoms with van der Waals surface area (Å²) in [5, 5.41) is 2.99. The van der Waals surface area contributed by atoms with Gasteiger partial charge in [0.1, 0.15) is 6.04 Å². The molecule has 0 aliphatic heterocycles. The number of benzene rings is 1. The standard InChI is InChI=1S/C16H24N2O/c1-15(2)12(16(15,3)4)10-18-14(19)13(17)11-8-6-5-7-9-11/h5-9,12-13H,10,17H2,1-4H3,(H,18,19). The molecule has 0 aromatic heterocycles. The molecule has 1 fully saturated rings. The van der Waals surface area contributed by atoms with E-state index in [2.05, 4.69) is 33.0 Å². The van der Waals surface area contributed by atoms with Crippen molar-refractivity contribution < 1.29 is 4.79 Å². The molecular formula is C16H24N2O. The SMILES string of the molecule is CC1(C)C(CNC(=O)C(N)c2ccccc2)C1(C)C. The molecule has 1 aromatic carbocycles. The zero-order valence-electron chi connectivity index (χ0n) is 12.2. The van der Waals surface area contributed by atoms with Crippen LogP contribution in [0.15, 0.2) is 30.3 Å². The topological polar surface area (TPSA) is 55.1 Å². The van der Waals surface area contributed by atoms with E-state index in [9.17, 15) is 4.79 Å². The maximum absolute atomic E-state index is 12.1. The minimum absolute atomic E-state index is 0.0929. The minimum Gasteiger partial charge on any atom is -0.354 e. The first-order valence-corrected chi connectivity index (χ1v) is 6.86. The molecular weight excluding hydrogens is 236 g/mol. The summed E-state index contributed by atoms with van der Waals surface area (Å²) in [5.41, 5.74) is 7.40. The van der Waals surface area contributed by atoms with E-state index in [1.54, 1.807) is 0 Å². The van der Waals surface area contributed by atoms with Crippen molar-refractivity contribution in [2.75, 3.05) is 6.54 Å². The molecule has 0 bridgehead atoms. The molecule has 1 aliphatic carbocycles. The average molecular weight is 260 g/mol. The van der Waals surface area contributed by atoms with Gasteiger partial charge in [-0.1, -0.05) is 58.0 Å². The molecule has 3 N–H and O–H groups in total. The lowest BCUT2D eigenvalue weighted by atomic mass is 10.0. The highest BCUT2D eigenvalue weighted by atomic mass is 16.2. The molecule has 1 amide bonds. The summed E-state index contributed by atoms with van der Waals surface area (Å²) in [5.74, 6) is 0.427. The normalized spacial score (nSPS) is 21.7. The van der Waals surface area contributed by atoms with E-state index >= 15 is 0 Å². The molecule has 0 radical (unpaired) electrons. The summed E-state index contributed by atoms with van der Waals surface area (Å²) in [6.45, 7) is 9.71. The van der Waals surface area contributed by atoms with Gasteiger partial charge in [0.2, 0.25) is 5.91 Å². The first-order chi connectivity index (χ1) is 8.78. The Labute approximate surface area is 115 Å². The van der Waals surface area contributed by atoms with Gasteiger partial charge in [-0.25, -0.2) is 0 Å². The van der Waals surface area contributed by atoms with Crippen LogP contribution in [-0.4, -0.2) is 12.5 Å². The van der Waals surface area contributed by atoms with Gasteiger partial charge in [0.05, 0.1) is 0 Å². The monoisotopic (exact) mass is 260 g/mol. The molecule has 1 aliphatic rings. The predicted octanol–water partition coefficient (Wildman–Crippen LogP) is 2.48. The van der Waals surface area contributed by atoms with Gasteiger partial charge in [0.25, 0.3) is 0 Å². The van der Waals surface area contributed by atoms with Gasteiger partial charge in [-0.15, -0.1) is 0 Å². The number of rotatable bonds is 4. The molecule has 1 atom stereocenters. The van der Waals surface area contributed by atoms with Crippen LogP contribution in [0.4, 0.5) is 0 Å². The highest BCUT2D eigenvalue weighted by molar-refractivity contribution is 5.82. The summed E-state index contributed by atoms with van der Waals surface area (Å²) < 4.78 is 0. The van der Waals surface area contributed by atoms with Crippen molar-refractivity contribution in [2.24, 2.45) is 22.5 Å². The second-order valence-corrected chi connectivity index (χ2v) is 6.63. The Bertz CT molecular complexity index is 451. The van der Waals surface area contributed by atoms with Crippen LogP contribution in [0.1, 0.15) is 39.3 Å². The zero-order chi connectivity index (χ0) is 14.3. The van der Waals surface area contributed by atoms with Crippen LogP contribution in [0.2, 0.25) is 0 Å². The summed E-state index contributed by atoms with van der Waals surface area (Å²) >= 11 is 0. The molecule has 3 nitrogen and oxygen atoms in total. The lowest BCUT2D eigenvalue weighted by Gasteiger charge is -2.13. The van der Waals surface area contributed by atoms with Crippen LogP contribution in [0, 0.1) is 16.7 Å². The van der Waals surface area contributed by atoms with E-state index in [4.69, 9.17) is 5.73 Å². The molecule has 104 valence electrons. The van der Waals surface area contributed by atoms with Crippen molar-refractivity contribution >= 4 is 5.91 Å². The molecule has 19 heavy (non-hydrogen) atoms. The highest BCUT2D eigenvalue weighted by Crippen LogP contribution is 2.67. The first-order valence-electron chi connectivity index (χ1n) is 6.86. The van der Waals surface area contributed by atoms with Gasteiger partial charge < -0.3 is 11.1 Å². The Balaban J connectivity index is 1.90. The Morgan fingerprint density at radius 1 is 1.21 bits per heavy atom. The fourth-order valence-corrected chi connectivity index (χ4v) is 2.97. The van der Waals surface area contributed by atoms with Crippen molar-refractivity contribution in [3.8, 4) is 0 Å². The van der Waals surface area contributed by atoms with Crippen LogP contribution < -0.4 is 11.1 Å². The summed E-state index contributed by atoms with van der Waals surface area (Å²) in [6, 6.07) is 8.91. The van der Waals surface area contributed by atoms with Gasteiger partial charge in [-0.3, -0.25) is 4.79 Å². The molecule has 3 heteroatoms. The largest absolute Gasteiger partial charge is 0.354 e. The maximum Gasteiger partial charge on any atom is 0.241 e. The Morgan fingerprint density at radius 3 is 2.21 bits per heavy atom. The molecule has 0 spiro atoms. The van der Waals surface area contributed by atoms with E-state index in [0.29, 0.717) is 12.5 Å². The lowest BCUT2D eigenvalue weighted by molar-refractivity contribution is -0.122. The third-order valence-corrected chi connectivity index (χ3v) is 5.24. The van der Waals surface area contributed by atoms with E-state index in [-0.39, 0.29) is 16.7 Å². The fraction of sp³-hybridized carbons (Fsp3) is 0.562. The Hall–Kier alpha value is -1.35. The Morgan fingerprint density at radius 2 is 1.74 bits per heavy atom. The smallest absolute Gasteiger partial charge is 0.241 e. The average Bonchev–Trinajstić information content (AvgIpc) is 2.77. The van der Waals surface area contributed by atoms with Gasteiger partial charge in [0.15, 0.2) is 0 Å². The summed E-state index contributed by atoms with van der Waals surface area (Å²) in [4.78, 5) is 12.1. The lowest BCUT2D eigenvalue weighted by Crippen LogP contribution is -2.35. The molecule has 0 heterocycles. The second-order valence-electron chi connectivity index (χ2n) is 6.63. The van der Waals surface area contributed by atoms with Gasteiger partial charge in [-0.05, 0) is 22.3 Å². The van der Waals surface area contributed by atoms with Crippen LogP contribution in [0.5, 0.6) is 0 Å². The van der Waals surface area contributed by atoms with Gasteiger partial charge in [0, 0.05) is 6.54 Å². The molecule has 1 unspecified atom stereocenters. The number of amides is 1. The van der Waals surface area contributed by atoms with Crippen molar-refractivity contribution in [1.82, 2.24) is 5.32 Å². The summed E-state index contributed by atoms with van der Waals surface area (Å²) in [7, 11) is 0. The zero-order valence-corrected chi connectivity index (χ0v) is 12.2. The fourth-order valence-electron chi connectivity index (χ4n) is 2.97. The van der Waals surface area contributed by atoms with Crippen LogP contribution in [-0.2, 0) is 4.79 Å². The molecule has 2 rings (SSSR count). The molecule has 0 saturated heterocycles. The number of carbonyl (C=O) groups excluding carboxylic acids is 1. The van der Waals surface area contributed by atoms with E-state index in [1.807, 2.05) is 30.3 Å². The first kappa shape index (κ1) is 14.1. The Kier molecular flexibility index (Phi) is 3.43. The number of nitrogens with two attached hydrogens (primary N) is 1.